The second-order valence-corrected chi connectivity index (χ2v) is 5.11. The summed E-state index contributed by atoms with van der Waals surface area (Å²) in [5.74, 6) is 1.59. The van der Waals surface area contributed by atoms with E-state index < -0.39 is 0 Å². The Labute approximate surface area is 99.9 Å². The van der Waals surface area contributed by atoms with Crippen molar-refractivity contribution in [3.05, 3.63) is 0 Å². The quantitative estimate of drug-likeness (QED) is 0.707. The van der Waals surface area contributed by atoms with Crippen molar-refractivity contribution in [2.45, 2.75) is 45.3 Å². The highest BCUT2D eigenvalue weighted by Crippen LogP contribution is 2.31. The van der Waals surface area contributed by atoms with Crippen molar-refractivity contribution in [2.75, 3.05) is 27.4 Å². The number of methoxy groups -OCH3 is 1. The fourth-order valence-corrected chi connectivity index (χ4v) is 2.56. The second-order valence-electron chi connectivity index (χ2n) is 5.11. The zero-order valence-electron chi connectivity index (χ0n) is 11.2. The van der Waals surface area contributed by atoms with Gasteiger partial charge in [-0.15, -0.1) is 0 Å². The molecule has 0 aromatic rings. The Bertz CT molecular complexity index is 185. The highest BCUT2D eigenvalue weighted by molar-refractivity contribution is 4.86. The van der Waals surface area contributed by atoms with Crippen LogP contribution in [0.3, 0.4) is 0 Å². The maximum Gasteiger partial charge on any atom is 0.0731 e. The van der Waals surface area contributed by atoms with E-state index in [4.69, 9.17) is 9.47 Å². The van der Waals surface area contributed by atoms with Crippen LogP contribution in [0.15, 0.2) is 0 Å². The topological polar surface area (TPSA) is 30.5 Å². The fraction of sp³-hybridized carbons (Fsp3) is 1.00. The van der Waals surface area contributed by atoms with Crippen molar-refractivity contribution in [3.8, 4) is 0 Å². The number of hydrogen-bond donors (Lipinski definition) is 1. The summed E-state index contributed by atoms with van der Waals surface area (Å²) < 4.78 is 11.0. The first kappa shape index (κ1) is 13.9. The van der Waals surface area contributed by atoms with Gasteiger partial charge in [-0.05, 0) is 38.1 Å². The molecule has 0 amide bonds. The molecular formula is C13H27NO2. The lowest BCUT2D eigenvalue weighted by molar-refractivity contribution is -0.0332. The largest absolute Gasteiger partial charge is 0.382 e. The number of likely N-dealkylation sites (N-methyl/N-ethyl adjacent to an activating group) is 1. The first-order valence-corrected chi connectivity index (χ1v) is 6.46. The lowest BCUT2D eigenvalue weighted by Crippen LogP contribution is -2.45. The molecular weight excluding hydrogens is 202 g/mol. The molecule has 3 atom stereocenters. The summed E-state index contributed by atoms with van der Waals surface area (Å²) in [6.07, 6.45) is 4.11. The van der Waals surface area contributed by atoms with E-state index in [1.807, 2.05) is 7.05 Å². The molecule has 16 heavy (non-hydrogen) atoms. The molecule has 0 saturated heterocycles. The van der Waals surface area contributed by atoms with Crippen molar-refractivity contribution >= 4 is 0 Å². The van der Waals surface area contributed by atoms with Crippen LogP contribution in [0.5, 0.6) is 0 Å². The van der Waals surface area contributed by atoms with Crippen molar-refractivity contribution in [1.29, 1.82) is 0 Å². The number of hydrogen-bond acceptors (Lipinski definition) is 3. The SMILES string of the molecule is CNC1CCC(C(C)C)CC1OCCOC. The van der Waals surface area contributed by atoms with Crippen LogP contribution < -0.4 is 5.32 Å². The molecule has 1 fully saturated rings. The summed E-state index contributed by atoms with van der Waals surface area (Å²) in [6.45, 7) is 6.04. The third-order valence-corrected chi connectivity index (χ3v) is 3.77. The number of nitrogens with one attached hydrogen (secondary N) is 1. The number of rotatable bonds is 6. The molecule has 1 saturated carbocycles. The van der Waals surface area contributed by atoms with Crippen molar-refractivity contribution in [3.63, 3.8) is 0 Å². The van der Waals surface area contributed by atoms with Gasteiger partial charge in [0, 0.05) is 13.2 Å². The minimum atomic E-state index is 0.362. The predicted octanol–water partition coefficient (Wildman–Crippen LogP) is 2.06. The minimum Gasteiger partial charge on any atom is -0.382 e. The molecule has 3 heteroatoms. The molecule has 0 bridgehead atoms. The summed E-state index contributed by atoms with van der Waals surface area (Å²) in [6, 6.07) is 0.520. The van der Waals surface area contributed by atoms with Crippen LogP contribution in [0, 0.1) is 11.8 Å². The highest BCUT2D eigenvalue weighted by Gasteiger charge is 2.31. The van der Waals surface area contributed by atoms with Crippen LogP contribution >= 0.6 is 0 Å². The molecule has 0 aromatic heterocycles. The molecule has 3 unspecified atom stereocenters. The lowest BCUT2D eigenvalue weighted by Gasteiger charge is -2.37. The van der Waals surface area contributed by atoms with Gasteiger partial charge in [-0.1, -0.05) is 13.8 Å². The first-order chi connectivity index (χ1) is 7.69. The molecule has 0 spiro atoms. The van der Waals surface area contributed by atoms with Gasteiger partial charge in [-0.3, -0.25) is 0 Å². The number of ether oxygens (including phenoxy) is 2. The van der Waals surface area contributed by atoms with Crippen LogP contribution in [-0.4, -0.2) is 39.5 Å². The van der Waals surface area contributed by atoms with Gasteiger partial charge in [0.05, 0.1) is 19.3 Å². The van der Waals surface area contributed by atoms with Gasteiger partial charge < -0.3 is 14.8 Å². The average Bonchev–Trinajstić information content (AvgIpc) is 2.29. The Morgan fingerprint density at radius 3 is 2.56 bits per heavy atom. The Morgan fingerprint density at radius 1 is 1.25 bits per heavy atom. The molecule has 3 nitrogen and oxygen atoms in total. The van der Waals surface area contributed by atoms with E-state index >= 15 is 0 Å². The minimum absolute atomic E-state index is 0.362. The van der Waals surface area contributed by atoms with E-state index in [0.29, 0.717) is 25.4 Å². The summed E-state index contributed by atoms with van der Waals surface area (Å²) in [5.41, 5.74) is 0. The van der Waals surface area contributed by atoms with E-state index in [1.54, 1.807) is 7.11 Å². The second kappa shape index (κ2) is 7.25. The standard InChI is InChI=1S/C13H27NO2/c1-10(2)11-5-6-12(14-3)13(9-11)16-8-7-15-4/h10-14H,5-9H2,1-4H3. The molecule has 96 valence electrons. The average molecular weight is 229 g/mol. The van der Waals surface area contributed by atoms with Crippen molar-refractivity contribution in [1.82, 2.24) is 5.32 Å². The van der Waals surface area contributed by atoms with E-state index in [0.717, 1.165) is 11.8 Å². The maximum atomic E-state index is 5.92. The van der Waals surface area contributed by atoms with Crippen molar-refractivity contribution < 1.29 is 9.47 Å². The van der Waals surface area contributed by atoms with Gasteiger partial charge in [0.25, 0.3) is 0 Å². The Morgan fingerprint density at radius 2 is 2.00 bits per heavy atom. The Hall–Kier alpha value is -0.120. The van der Waals surface area contributed by atoms with Crippen LogP contribution in [-0.2, 0) is 9.47 Å². The van der Waals surface area contributed by atoms with E-state index in [9.17, 15) is 0 Å². The molecule has 1 N–H and O–H groups in total. The zero-order valence-corrected chi connectivity index (χ0v) is 11.2. The molecule has 1 rings (SSSR count). The Kier molecular flexibility index (Phi) is 6.32. The van der Waals surface area contributed by atoms with Gasteiger partial charge >= 0.3 is 0 Å². The highest BCUT2D eigenvalue weighted by atomic mass is 16.5. The van der Waals surface area contributed by atoms with E-state index in [-0.39, 0.29) is 0 Å². The molecule has 1 aliphatic rings. The van der Waals surface area contributed by atoms with Gasteiger partial charge in [0.1, 0.15) is 0 Å². The molecule has 0 radical (unpaired) electrons. The summed E-state index contributed by atoms with van der Waals surface area (Å²) >= 11 is 0. The Balaban J connectivity index is 2.40. The lowest BCUT2D eigenvalue weighted by atomic mass is 9.78. The van der Waals surface area contributed by atoms with Gasteiger partial charge in [0.15, 0.2) is 0 Å². The fourth-order valence-electron chi connectivity index (χ4n) is 2.56. The third-order valence-electron chi connectivity index (χ3n) is 3.77. The van der Waals surface area contributed by atoms with E-state index in [2.05, 4.69) is 19.2 Å². The van der Waals surface area contributed by atoms with Crippen LogP contribution in [0.2, 0.25) is 0 Å². The van der Waals surface area contributed by atoms with E-state index in [1.165, 1.54) is 19.3 Å². The van der Waals surface area contributed by atoms with Crippen LogP contribution in [0.25, 0.3) is 0 Å². The molecule has 0 heterocycles. The zero-order chi connectivity index (χ0) is 12.0. The summed E-state index contributed by atoms with van der Waals surface area (Å²) in [4.78, 5) is 0. The third kappa shape index (κ3) is 4.04. The maximum absolute atomic E-state index is 5.92. The van der Waals surface area contributed by atoms with Gasteiger partial charge in [0.2, 0.25) is 0 Å². The van der Waals surface area contributed by atoms with Gasteiger partial charge in [-0.25, -0.2) is 0 Å². The normalized spacial score (nSPS) is 30.9. The molecule has 0 aliphatic heterocycles. The summed E-state index contributed by atoms with van der Waals surface area (Å²) in [5, 5.41) is 3.37. The van der Waals surface area contributed by atoms with Crippen LogP contribution in [0.4, 0.5) is 0 Å². The van der Waals surface area contributed by atoms with Gasteiger partial charge in [-0.2, -0.15) is 0 Å². The first-order valence-electron chi connectivity index (χ1n) is 6.46. The van der Waals surface area contributed by atoms with Crippen LogP contribution in [0.1, 0.15) is 33.1 Å². The smallest absolute Gasteiger partial charge is 0.0731 e. The molecule has 0 aromatic carbocycles. The molecule has 1 aliphatic carbocycles. The predicted molar refractivity (Wildman–Crippen MR) is 66.6 cm³/mol. The monoisotopic (exact) mass is 229 g/mol. The summed E-state index contributed by atoms with van der Waals surface area (Å²) in [7, 11) is 3.75. The van der Waals surface area contributed by atoms with Crippen molar-refractivity contribution in [2.24, 2.45) is 11.8 Å².